The maximum atomic E-state index is 11.4. The summed E-state index contributed by atoms with van der Waals surface area (Å²) in [6, 6.07) is 4.93. The van der Waals surface area contributed by atoms with E-state index in [1.165, 1.54) is 17.6 Å². The molecule has 8 heteroatoms. The van der Waals surface area contributed by atoms with E-state index in [1.807, 2.05) is 5.38 Å². The van der Waals surface area contributed by atoms with Gasteiger partial charge in [0, 0.05) is 11.1 Å². The van der Waals surface area contributed by atoms with Crippen molar-refractivity contribution in [3.63, 3.8) is 0 Å². The predicted molar refractivity (Wildman–Crippen MR) is 69.8 cm³/mol. The highest BCUT2D eigenvalue weighted by Crippen LogP contribution is 2.22. The van der Waals surface area contributed by atoms with Gasteiger partial charge in [0.2, 0.25) is 10.0 Å². The molecule has 0 radical (unpaired) electrons. The highest BCUT2D eigenvalue weighted by Gasteiger charge is 2.13. The van der Waals surface area contributed by atoms with Crippen molar-refractivity contribution in [1.29, 1.82) is 0 Å². The standard InChI is InChI=1S/C10H12N4O2S2/c1-7-9(12-5-8-6-17-14-13-8)3-2-4-10(7)18(11,15)16/h2-4,6,12H,5H2,1H3,(H2,11,15,16). The lowest BCUT2D eigenvalue weighted by atomic mass is 10.2. The lowest BCUT2D eigenvalue weighted by Crippen LogP contribution is -2.14. The molecule has 0 atom stereocenters. The summed E-state index contributed by atoms with van der Waals surface area (Å²) >= 11 is 1.27. The minimum atomic E-state index is -3.69. The normalized spacial score (nSPS) is 11.4. The van der Waals surface area contributed by atoms with Crippen LogP contribution in [0.4, 0.5) is 5.69 Å². The minimum absolute atomic E-state index is 0.129. The van der Waals surface area contributed by atoms with Gasteiger partial charge in [-0.1, -0.05) is 10.6 Å². The fourth-order valence-corrected chi connectivity index (χ4v) is 2.82. The molecule has 1 heterocycles. The van der Waals surface area contributed by atoms with Crippen LogP contribution in [-0.4, -0.2) is 18.0 Å². The molecular weight excluding hydrogens is 272 g/mol. The lowest BCUT2D eigenvalue weighted by Gasteiger charge is -2.11. The number of primary sulfonamides is 1. The molecule has 1 aromatic carbocycles. The van der Waals surface area contributed by atoms with Crippen LogP contribution in [0.25, 0.3) is 0 Å². The van der Waals surface area contributed by atoms with Crippen LogP contribution in [0.15, 0.2) is 28.5 Å². The molecule has 0 aliphatic rings. The topological polar surface area (TPSA) is 98.0 Å². The average Bonchev–Trinajstić information content (AvgIpc) is 2.79. The van der Waals surface area contributed by atoms with Crippen molar-refractivity contribution in [3.8, 4) is 0 Å². The number of hydrogen-bond acceptors (Lipinski definition) is 6. The summed E-state index contributed by atoms with van der Waals surface area (Å²) in [7, 11) is -3.69. The average molecular weight is 284 g/mol. The molecule has 6 nitrogen and oxygen atoms in total. The number of aromatic nitrogens is 2. The van der Waals surface area contributed by atoms with Crippen molar-refractivity contribution in [2.75, 3.05) is 5.32 Å². The van der Waals surface area contributed by atoms with Crippen LogP contribution in [0.3, 0.4) is 0 Å². The van der Waals surface area contributed by atoms with Crippen molar-refractivity contribution in [2.24, 2.45) is 5.14 Å². The summed E-state index contributed by atoms with van der Waals surface area (Å²) < 4.78 is 26.5. The number of hydrogen-bond donors (Lipinski definition) is 2. The summed E-state index contributed by atoms with van der Waals surface area (Å²) in [4.78, 5) is 0.129. The molecule has 1 aromatic heterocycles. The lowest BCUT2D eigenvalue weighted by molar-refractivity contribution is 0.597. The van der Waals surface area contributed by atoms with Gasteiger partial charge in [0.05, 0.1) is 17.1 Å². The quantitative estimate of drug-likeness (QED) is 0.876. The fraction of sp³-hybridized carbons (Fsp3) is 0.200. The summed E-state index contributed by atoms with van der Waals surface area (Å²) in [6.45, 7) is 2.20. The van der Waals surface area contributed by atoms with E-state index in [0.717, 1.165) is 11.4 Å². The highest BCUT2D eigenvalue weighted by molar-refractivity contribution is 7.89. The van der Waals surface area contributed by atoms with Gasteiger partial charge < -0.3 is 5.32 Å². The molecule has 0 spiro atoms. The van der Waals surface area contributed by atoms with Crippen LogP contribution in [0, 0.1) is 6.92 Å². The maximum Gasteiger partial charge on any atom is 0.238 e. The molecule has 2 rings (SSSR count). The molecule has 96 valence electrons. The first-order valence-corrected chi connectivity index (χ1v) is 7.49. The van der Waals surface area contributed by atoms with E-state index in [0.29, 0.717) is 12.1 Å². The van der Waals surface area contributed by atoms with Gasteiger partial charge in [-0.25, -0.2) is 13.6 Å². The van der Waals surface area contributed by atoms with E-state index < -0.39 is 10.0 Å². The number of sulfonamides is 1. The molecule has 0 aliphatic carbocycles. The van der Waals surface area contributed by atoms with E-state index in [1.54, 1.807) is 19.1 Å². The molecule has 0 unspecified atom stereocenters. The Labute approximate surface area is 109 Å². The molecule has 18 heavy (non-hydrogen) atoms. The van der Waals surface area contributed by atoms with Crippen LogP contribution < -0.4 is 10.5 Å². The van der Waals surface area contributed by atoms with Gasteiger partial charge in [-0.05, 0) is 36.2 Å². The zero-order chi connectivity index (χ0) is 13.2. The molecule has 2 aromatic rings. The number of anilines is 1. The van der Waals surface area contributed by atoms with Gasteiger partial charge in [0.15, 0.2) is 0 Å². The van der Waals surface area contributed by atoms with Crippen molar-refractivity contribution >= 4 is 27.2 Å². The Kier molecular flexibility index (Phi) is 3.60. The van der Waals surface area contributed by atoms with Gasteiger partial charge in [0.25, 0.3) is 0 Å². The number of benzene rings is 1. The Morgan fingerprint density at radius 1 is 1.44 bits per heavy atom. The van der Waals surface area contributed by atoms with Gasteiger partial charge in [-0.3, -0.25) is 0 Å². The van der Waals surface area contributed by atoms with Crippen molar-refractivity contribution in [1.82, 2.24) is 9.59 Å². The second-order valence-electron chi connectivity index (χ2n) is 3.72. The Morgan fingerprint density at radius 2 is 2.22 bits per heavy atom. The van der Waals surface area contributed by atoms with Crippen LogP contribution in [0.1, 0.15) is 11.3 Å². The Bertz CT molecular complexity index is 638. The van der Waals surface area contributed by atoms with Crippen LogP contribution >= 0.6 is 11.5 Å². The van der Waals surface area contributed by atoms with Gasteiger partial charge in [0.1, 0.15) is 0 Å². The zero-order valence-electron chi connectivity index (χ0n) is 9.62. The van der Waals surface area contributed by atoms with E-state index >= 15 is 0 Å². The summed E-state index contributed by atoms with van der Waals surface area (Å²) in [5.41, 5.74) is 2.12. The van der Waals surface area contributed by atoms with E-state index in [2.05, 4.69) is 14.9 Å². The van der Waals surface area contributed by atoms with E-state index in [4.69, 9.17) is 5.14 Å². The van der Waals surface area contributed by atoms with Gasteiger partial charge in [-0.2, -0.15) is 0 Å². The fourth-order valence-electron chi connectivity index (χ4n) is 1.56. The first-order chi connectivity index (χ1) is 8.48. The van der Waals surface area contributed by atoms with Gasteiger partial charge in [-0.15, -0.1) is 5.10 Å². The minimum Gasteiger partial charge on any atom is -0.379 e. The third-order valence-corrected chi connectivity index (χ3v) is 4.06. The predicted octanol–water partition coefficient (Wildman–Crippen LogP) is 1.11. The monoisotopic (exact) mass is 284 g/mol. The van der Waals surface area contributed by atoms with Crippen LogP contribution in [0.5, 0.6) is 0 Å². The molecular formula is C10H12N4O2S2. The number of nitrogens with one attached hydrogen (secondary N) is 1. The molecule has 0 saturated heterocycles. The Morgan fingerprint density at radius 3 is 2.83 bits per heavy atom. The second-order valence-corrected chi connectivity index (χ2v) is 5.86. The smallest absolute Gasteiger partial charge is 0.238 e. The maximum absolute atomic E-state index is 11.4. The third kappa shape index (κ3) is 2.84. The SMILES string of the molecule is Cc1c(NCc2csnn2)cccc1S(N)(=O)=O. The van der Waals surface area contributed by atoms with E-state index in [-0.39, 0.29) is 4.90 Å². The molecule has 0 amide bonds. The number of rotatable bonds is 4. The second kappa shape index (κ2) is 5.01. The largest absolute Gasteiger partial charge is 0.379 e. The first-order valence-electron chi connectivity index (χ1n) is 5.10. The molecule has 3 N–H and O–H groups in total. The first kappa shape index (κ1) is 12.9. The van der Waals surface area contributed by atoms with Crippen molar-refractivity contribution in [3.05, 3.63) is 34.8 Å². The van der Waals surface area contributed by atoms with Crippen molar-refractivity contribution in [2.45, 2.75) is 18.4 Å². The number of nitrogens with two attached hydrogens (primary N) is 1. The highest BCUT2D eigenvalue weighted by atomic mass is 32.2. The molecule has 0 saturated carbocycles. The van der Waals surface area contributed by atoms with Crippen LogP contribution in [-0.2, 0) is 16.6 Å². The zero-order valence-corrected chi connectivity index (χ0v) is 11.3. The van der Waals surface area contributed by atoms with E-state index in [9.17, 15) is 8.42 Å². The Hall–Kier alpha value is -1.51. The van der Waals surface area contributed by atoms with Crippen molar-refractivity contribution < 1.29 is 8.42 Å². The Balaban J connectivity index is 2.24. The third-order valence-electron chi connectivity index (χ3n) is 2.46. The molecule has 0 fully saturated rings. The number of nitrogens with zero attached hydrogens (tertiary/aromatic N) is 2. The summed E-state index contributed by atoms with van der Waals surface area (Å²) in [5, 5.41) is 14.0. The summed E-state index contributed by atoms with van der Waals surface area (Å²) in [6.07, 6.45) is 0. The summed E-state index contributed by atoms with van der Waals surface area (Å²) in [5.74, 6) is 0. The molecule has 0 aliphatic heterocycles. The van der Waals surface area contributed by atoms with Gasteiger partial charge >= 0.3 is 0 Å². The van der Waals surface area contributed by atoms with Crippen LogP contribution in [0.2, 0.25) is 0 Å². The molecule has 0 bridgehead atoms.